The van der Waals surface area contributed by atoms with Gasteiger partial charge in [-0.25, -0.2) is 9.97 Å². The van der Waals surface area contributed by atoms with Gasteiger partial charge >= 0.3 is 5.97 Å². The van der Waals surface area contributed by atoms with E-state index in [0.29, 0.717) is 29.2 Å². The molecule has 1 amide bonds. The lowest BCUT2D eigenvalue weighted by atomic mass is 10.1. The van der Waals surface area contributed by atoms with E-state index >= 15 is 0 Å². The minimum absolute atomic E-state index is 0.117. The molecule has 3 heterocycles. The maximum absolute atomic E-state index is 13.1. The molecule has 36 heavy (non-hydrogen) atoms. The second-order valence-electron chi connectivity index (χ2n) is 9.12. The first kappa shape index (κ1) is 25.2. The molecule has 0 atom stereocenters. The molecule has 0 fully saturated rings. The fourth-order valence-corrected chi connectivity index (χ4v) is 4.32. The number of para-hydroxylation sites is 2. The monoisotopic (exact) mass is 505 g/mol. The number of nitrogens with one attached hydrogen (secondary N) is 1. The van der Waals surface area contributed by atoms with Gasteiger partial charge in [0.05, 0.1) is 46.3 Å². The molecule has 0 saturated carbocycles. The maximum atomic E-state index is 13.1. The summed E-state index contributed by atoms with van der Waals surface area (Å²) in [7, 11) is 0. The van der Waals surface area contributed by atoms with Gasteiger partial charge in [-0.05, 0) is 57.4 Å². The number of nitrogens with zero attached hydrogens (tertiary/aromatic N) is 4. The predicted molar refractivity (Wildman–Crippen MR) is 137 cm³/mol. The molecule has 0 bridgehead atoms. The summed E-state index contributed by atoms with van der Waals surface area (Å²) in [5, 5.41) is 2.87. The Hall–Kier alpha value is -3.92. The van der Waals surface area contributed by atoms with Crippen LogP contribution in [0.2, 0.25) is 0 Å². The number of benzene rings is 1. The van der Waals surface area contributed by atoms with Crippen LogP contribution in [0.4, 0.5) is 5.69 Å². The number of aromatic nitrogens is 4. The number of carbonyl (C=O) groups is 2. The van der Waals surface area contributed by atoms with E-state index in [4.69, 9.17) is 9.47 Å². The van der Waals surface area contributed by atoms with E-state index in [2.05, 4.69) is 24.6 Å². The van der Waals surface area contributed by atoms with Crippen molar-refractivity contribution in [1.29, 1.82) is 0 Å². The van der Waals surface area contributed by atoms with E-state index in [0.717, 1.165) is 21.6 Å². The summed E-state index contributed by atoms with van der Waals surface area (Å²) in [4.78, 5) is 39.0. The quantitative estimate of drug-likeness (QED) is 0.341. The van der Waals surface area contributed by atoms with Gasteiger partial charge in [-0.2, -0.15) is 4.37 Å². The Kier molecular flexibility index (Phi) is 7.54. The average Bonchev–Trinajstić information content (AvgIpc) is 3.19. The van der Waals surface area contributed by atoms with E-state index < -0.39 is 5.60 Å². The minimum atomic E-state index is -0.533. The highest BCUT2D eigenvalue weighted by Crippen LogP contribution is 2.24. The summed E-state index contributed by atoms with van der Waals surface area (Å²) in [5.74, 6) is -0.262. The summed E-state index contributed by atoms with van der Waals surface area (Å²) in [6.45, 7) is 7.40. The second kappa shape index (κ2) is 10.8. The third-order valence-electron chi connectivity index (χ3n) is 4.97. The van der Waals surface area contributed by atoms with Gasteiger partial charge in [0.15, 0.2) is 0 Å². The molecule has 0 unspecified atom stereocenters. The number of anilines is 1. The Morgan fingerprint density at radius 1 is 1.03 bits per heavy atom. The molecule has 0 aliphatic carbocycles. The lowest BCUT2D eigenvalue weighted by molar-refractivity contribution is -0.155. The van der Waals surface area contributed by atoms with Gasteiger partial charge in [-0.3, -0.25) is 14.6 Å². The number of ether oxygens (including phenoxy) is 2. The van der Waals surface area contributed by atoms with Crippen molar-refractivity contribution in [2.45, 2.75) is 46.1 Å². The molecule has 0 saturated heterocycles. The number of fused-ring (bicyclic) bond motifs is 1. The Balaban J connectivity index is 1.37. The van der Waals surface area contributed by atoms with Crippen molar-refractivity contribution in [2.75, 3.05) is 11.9 Å². The van der Waals surface area contributed by atoms with Crippen LogP contribution in [0.25, 0.3) is 11.0 Å². The van der Waals surface area contributed by atoms with Crippen LogP contribution in [-0.4, -0.2) is 43.4 Å². The first-order valence-corrected chi connectivity index (χ1v) is 12.2. The van der Waals surface area contributed by atoms with Crippen molar-refractivity contribution in [1.82, 2.24) is 19.3 Å². The number of rotatable bonds is 8. The zero-order chi connectivity index (χ0) is 25.7. The van der Waals surface area contributed by atoms with Gasteiger partial charge in [0.2, 0.25) is 5.88 Å². The van der Waals surface area contributed by atoms with E-state index in [1.807, 2.05) is 45.0 Å². The summed E-state index contributed by atoms with van der Waals surface area (Å²) in [6, 6.07) is 11.0. The third kappa shape index (κ3) is 6.60. The highest BCUT2D eigenvalue weighted by Gasteiger charge is 2.20. The van der Waals surface area contributed by atoms with Gasteiger partial charge in [0.25, 0.3) is 5.91 Å². The summed E-state index contributed by atoms with van der Waals surface area (Å²) >= 11 is 1.28. The zero-order valence-corrected chi connectivity index (χ0v) is 21.4. The topological polar surface area (TPSA) is 116 Å². The zero-order valence-electron chi connectivity index (χ0n) is 20.6. The number of pyridine rings is 1. The van der Waals surface area contributed by atoms with Crippen LogP contribution in [0.15, 0.2) is 48.8 Å². The maximum Gasteiger partial charge on any atom is 0.309 e. The van der Waals surface area contributed by atoms with Gasteiger partial charge < -0.3 is 14.8 Å². The Morgan fingerprint density at radius 2 is 1.81 bits per heavy atom. The number of amides is 1. The molecule has 3 aromatic heterocycles. The number of hydrogen-bond donors (Lipinski definition) is 1. The molecule has 0 aliphatic heterocycles. The lowest BCUT2D eigenvalue weighted by Crippen LogP contribution is -2.24. The highest BCUT2D eigenvalue weighted by molar-refractivity contribution is 7.06. The van der Waals surface area contributed by atoms with Crippen molar-refractivity contribution in [3.8, 4) is 5.88 Å². The normalized spacial score (nSPS) is 11.3. The average molecular weight is 506 g/mol. The summed E-state index contributed by atoms with van der Waals surface area (Å²) in [5.41, 5.74) is 3.55. The van der Waals surface area contributed by atoms with Gasteiger partial charge in [0.1, 0.15) is 12.2 Å². The first-order chi connectivity index (χ1) is 17.2. The number of hydrogen-bond acceptors (Lipinski definition) is 9. The molecular formula is C26H27N5O4S. The van der Waals surface area contributed by atoms with Gasteiger partial charge in [0, 0.05) is 23.6 Å². The summed E-state index contributed by atoms with van der Waals surface area (Å²) < 4.78 is 15.1. The number of esters is 1. The molecular weight excluding hydrogens is 478 g/mol. The first-order valence-electron chi connectivity index (χ1n) is 11.5. The van der Waals surface area contributed by atoms with Crippen LogP contribution in [-0.2, 0) is 16.0 Å². The molecule has 1 aromatic carbocycles. The molecule has 0 spiro atoms. The fraction of sp³-hybridized carbons (Fsp3) is 0.308. The van der Waals surface area contributed by atoms with Crippen molar-refractivity contribution in [3.05, 3.63) is 70.6 Å². The van der Waals surface area contributed by atoms with Gasteiger partial charge in [-0.15, -0.1) is 0 Å². The second-order valence-corrected chi connectivity index (χ2v) is 9.98. The molecule has 0 radical (unpaired) electrons. The standard InChI is InChI=1S/C26H27N5O4S/c1-16-24(21(36-31-16)13-18-15-27-19-7-5-6-8-20(19)29-18)25(33)30-17-9-10-22(28-14-17)34-12-11-23(32)35-26(2,3)4/h5-10,14-15H,11-13H2,1-4H3,(H,30,33). The largest absolute Gasteiger partial charge is 0.477 e. The van der Waals surface area contributed by atoms with Crippen LogP contribution >= 0.6 is 11.5 Å². The smallest absolute Gasteiger partial charge is 0.309 e. The van der Waals surface area contributed by atoms with Crippen molar-refractivity contribution in [2.24, 2.45) is 0 Å². The molecule has 1 N–H and O–H groups in total. The molecule has 0 aliphatic rings. The van der Waals surface area contributed by atoms with Crippen LogP contribution in [0.5, 0.6) is 5.88 Å². The molecule has 10 heteroatoms. The lowest BCUT2D eigenvalue weighted by Gasteiger charge is -2.19. The SMILES string of the molecule is Cc1nsc(Cc2cnc3ccccc3n2)c1C(=O)Nc1ccc(OCCC(=O)OC(C)(C)C)nc1. The van der Waals surface area contributed by atoms with Crippen LogP contribution in [0.1, 0.15) is 53.8 Å². The number of aryl methyl sites for hydroxylation is 1. The van der Waals surface area contributed by atoms with Crippen LogP contribution in [0, 0.1) is 6.92 Å². The number of carbonyl (C=O) groups excluding carboxylic acids is 2. The molecule has 186 valence electrons. The van der Waals surface area contributed by atoms with Gasteiger partial charge in [-0.1, -0.05) is 12.1 Å². The molecule has 9 nitrogen and oxygen atoms in total. The summed E-state index contributed by atoms with van der Waals surface area (Å²) in [6.07, 6.45) is 3.80. The Labute approximate surface area is 213 Å². The third-order valence-corrected chi connectivity index (χ3v) is 5.90. The molecule has 4 rings (SSSR count). The Morgan fingerprint density at radius 3 is 2.53 bits per heavy atom. The van der Waals surface area contributed by atoms with E-state index in [1.54, 1.807) is 25.3 Å². The van der Waals surface area contributed by atoms with E-state index in [-0.39, 0.29) is 24.9 Å². The van der Waals surface area contributed by atoms with Crippen molar-refractivity contribution >= 4 is 40.1 Å². The molecule has 4 aromatic rings. The Bertz CT molecular complexity index is 1380. The van der Waals surface area contributed by atoms with E-state index in [9.17, 15) is 9.59 Å². The van der Waals surface area contributed by atoms with Crippen LogP contribution in [0.3, 0.4) is 0 Å². The van der Waals surface area contributed by atoms with Crippen molar-refractivity contribution in [3.63, 3.8) is 0 Å². The highest BCUT2D eigenvalue weighted by atomic mass is 32.1. The van der Waals surface area contributed by atoms with E-state index in [1.165, 1.54) is 17.7 Å². The fourth-order valence-electron chi connectivity index (χ4n) is 3.44. The van der Waals surface area contributed by atoms with Crippen molar-refractivity contribution < 1.29 is 19.1 Å². The minimum Gasteiger partial charge on any atom is -0.477 e. The predicted octanol–water partition coefficient (Wildman–Crippen LogP) is 4.74. The van der Waals surface area contributed by atoms with Crippen LogP contribution < -0.4 is 10.1 Å².